The van der Waals surface area contributed by atoms with Crippen molar-refractivity contribution in [3.63, 3.8) is 0 Å². The van der Waals surface area contributed by atoms with Gasteiger partial charge in [-0.2, -0.15) is 0 Å². The quantitative estimate of drug-likeness (QED) is 0.846. The maximum atomic E-state index is 9.87. The first kappa shape index (κ1) is 13.3. The summed E-state index contributed by atoms with van der Waals surface area (Å²) in [6.07, 6.45) is 0. The molecule has 0 radical (unpaired) electrons. The molecule has 1 atom stereocenters. The highest BCUT2D eigenvalue weighted by atomic mass is 35.5. The van der Waals surface area contributed by atoms with Gasteiger partial charge >= 0.3 is 0 Å². The van der Waals surface area contributed by atoms with E-state index in [4.69, 9.17) is 11.6 Å². The number of rotatable bonds is 4. The Hall–Kier alpha value is -0.730. The molecule has 16 heavy (non-hydrogen) atoms. The highest BCUT2D eigenvalue weighted by molar-refractivity contribution is 6.30. The fourth-order valence-electron chi connectivity index (χ4n) is 1.45. The Labute approximate surface area is 103 Å². The molecule has 3 heteroatoms. The van der Waals surface area contributed by atoms with E-state index in [0.29, 0.717) is 29.3 Å². The average molecular weight is 242 g/mol. The Bertz CT molecular complexity index is 363. The molecule has 0 bridgehead atoms. The van der Waals surface area contributed by atoms with Crippen LogP contribution in [0.5, 0.6) is 5.75 Å². The van der Waals surface area contributed by atoms with Crippen LogP contribution in [0.2, 0.25) is 5.02 Å². The van der Waals surface area contributed by atoms with Gasteiger partial charge in [-0.15, -0.1) is 0 Å². The lowest BCUT2D eigenvalue weighted by Crippen LogP contribution is -2.30. The molecule has 0 aliphatic heterocycles. The zero-order valence-corrected chi connectivity index (χ0v) is 11.1. The van der Waals surface area contributed by atoms with Crippen molar-refractivity contribution in [1.29, 1.82) is 0 Å². The first-order chi connectivity index (χ1) is 7.41. The zero-order valence-electron chi connectivity index (χ0n) is 10.3. The SMILES string of the molecule is Cc1cc(Cl)cc(CNC(C)C(C)C)c1O. The van der Waals surface area contributed by atoms with E-state index < -0.39 is 0 Å². The van der Waals surface area contributed by atoms with Crippen LogP contribution in [0.1, 0.15) is 31.9 Å². The predicted octanol–water partition coefficient (Wildman–Crippen LogP) is 3.49. The maximum absolute atomic E-state index is 9.87. The molecule has 0 saturated heterocycles. The first-order valence-corrected chi connectivity index (χ1v) is 6.01. The normalized spacial score (nSPS) is 13.1. The van der Waals surface area contributed by atoms with E-state index in [1.165, 1.54) is 0 Å². The lowest BCUT2D eigenvalue weighted by Gasteiger charge is -2.18. The second-order valence-electron chi connectivity index (χ2n) is 4.64. The summed E-state index contributed by atoms with van der Waals surface area (Å²) in [6, 6.07) is 4.00. The first-order valence-electron chi connectivity index (χ1n) is 5.63. The van der Waals surface area contributed by atoms with Gasteiger partial charge < -0.3 is 10.4 Å². The van der Waals surface area contributed by atoms with Gasteiger partial charge in [-0.05, 0) is 37.5 Å². The third kappa shape index (κ3) is 3.39. The van der Waals surface area contributed by atoms with Gasteiger partial charge in [-0.25, -0.2) is 0 Å². The molecule has 0 spiro atoms. The van der Waals surface area contributed by atoms with E-state index in [0.717, 1.165) is 11.1 Å². The predicted molar refractivity (Wildman–Crippen MR) is 69.0 cm³/mol. The van der Waals surface area contributed by atoms with Crippen LogP contribution >= 0.6 is 11.6 Å². The van der Waals surface area contributed by atoms with Gasteiger partial charge in [0.1, 0.15) is 5.75 Å². The van der Waals surface area contributed by atoms with Gasteiger partial charge in [0.2, 0.25) is 0 Å². The maximum Gasteiger partial charge on any atom is 0.123 e. The standard InChI is InChI=1S/C13H20ClNO/c1-8(2)10(4)15-7-11-6-12(14)5-9(3)13(11)16/h5-6,8,10,15-16H,7H2,1-4H3. The number of halogens is 1. The molecular formula is C13H20ClNO. The Morgan fingerprint density at radius 3 is 2.50 bits per heavy atom. The summed E-state index contributed by atoms with van der Waals surface area (Å²) in [5.41, 5.74) is 1.68. The van der Waals surface area contributed by atoms with Crippen LogP contribution in [-0.4, -0.2) is 11.1 Å². The average Bonchev–Trinajstić information content (AvgIpc) is 2.20. The zero-order chi connectivity index (χ0) is 12.3. The minimum atomic E-state index is 0.341. The molecule has 0 aliphatic carbocycles. The summed E-state index contributed by atoms with van der Waals surface area (Å²) in [5.74, 6) is 0.912. The molecule has 1 aromatic rings. The molecule has 0 amide bonds. The highest BCUT2D eigenvalue weighted by Gasteiger charge is 2.09. The summed E-state index contributed by atoms with van der Waals surface area (Å²) in [4.78, 5) is 0. The molecule has 2 N–H and O–H groups in total. The molecule has 0 aromatic heterocycles. The highest BCUT2D eigenvalue weighted by Crippen LogP contribution is 2.26. The molecule has 2 nitrogen and oxygen atoms in total. The van der Waals surface area contributed by atoms with Gasteiger partial charge in [-0.1, -0.05) is 25.4 Å². The monoisotopic (exact) mass is 241 g/mol. The van der Waals surface area contributed by atoms with Crippen LogP contribution in [0.15, 0.2) is 12.1 Å². The fourth-order valence-corrected chi connectivity index (χ4v) is 1.74. The van der Waals surface area contributed by atoms with Crippen molar-refractivity contribution >= 4 is 11.6 Å². The summed E-state index contributed by atoms with van der Waals surface area (Å²) in [6.45, 7) is 8.98. The van der Waals surface area contributed by atoms with Crippen LogP contribution in [-0.2, 0) is 6.54 Å². The molecule has 0 fully saturated rings. The van der Waals surface area contributed by atoms with E-state index in [-0.39, 0.29) is 0 Å². The van der Waals surface area contributed by atoms with E-state index in [2.05, 4.69) is 26.1 Å². The van der Waals surface area contributed by atoms with Crippen molar-refractivity contribution < 1.29 is 5.11 Å². The second-order valence-corrected chi connectivity index (χ2v) is 5.08. The van der Waals surface area contributed by atoms with E-state index in [1.807, 2.05) is 13.0 Å². The lowest BCUT2D eigenvalue weighted by atomic mass is 10.1. The number of hydrogen-bond donors (Lipinski definition) is 2. The summed E-state index contributed by atoms with van der Waals surface area (Å²) in [7, 11) is 0. The van der Waals surface area contributed by atoms with Crippen molar-refractivity contribution in [3.05, 3.63) is 28.3 Å². The van der Waals surface area contributed by atoms with E-state index in [9.17, 15) is 5.11 Å². The molecule has 90 valence electrons. The van der Waals surface area contributed by atoms with Crippen LogP contribution in [0, 0.1) is 12.8 Å². The number of hydrogen-bond acceptors (Lipinski definition) is 2. The van der Waals surface area contributed by atoms with Crippen molar-refractivity contribution in [2.45, 2.75) is 40.3 Å². The molecule has 0 aliphatic rings. The third-order valence-corrected chi connectivity index (χ3v) is 3.18. The van der Waals surface area contributed by atoms with Crippen LogP contribution in [0.4, 0.5) is 0 Å². The number of aryl methyl sites for hydroxylation is 1. The number of phenols is 1. The van der Waals surface area contributed by atoms with Crippen molar-refractivity contribution in [1.82, 2.24) is 5.32 Å². The van der Waals surface area contributed by atoms with Gasteiger partial charge in [-0.3, -0.25) is 0 Å². The number of aromatic hydroxyl groups is 1. The van der Waals surface area contributed by atoms with Gasteiger partial charge in [0, 0.05) is 23.2 Å². The smallest absolute Gasteiger partial charge is 0.123 e. The van der Waals surface area contributed by atoms with Crippen LogP contribution < -0.4 is 5.32 Å². The largest absolute Gasteiger partial charge is 0.507 e. The minimum absolute atomic E-state index is 0.341. The molecule has 1 aromatic carbocycles. The Balaban J connectivity index is 2.74. The van der Waals surface area contributed by atoms with Gasteiger partial charge in [0.15, 0.2) is 0 Å². The number of phenolic OH excluding ortho intramolecular Hbond substituents is 1. The fraction of sp³-hybridized carbons (Fsp3) is 0.538. The third-order valence-electron chi connectivity index (χ3n) is 2.96. The van der Waals surface area contributed by atoms with E-state index in [1.54, 1.807) is 6.07 Å². The molecule has 0 saturated carbocycles. The number of nitrogens with one attached hydrogen (secondary N) is 1. The number of benzene rings is 1. The van der Waals surface area contributed by atoms with Crippen molar-refractivity contribution in [3.8, 4) is 5.75 Å². The topological polar surface area (TPSA) is 32.3 Å². The summed E-state index contributed by atoms with van der Waals surface area (Å²) >= 11 is 5.96. The van der Waals surface area contributed by atoms with Crippen LogP contribution in [0.25, 0.3) is 0 Å². The summed E-state index contributed by atoms with van der Waals surface area (Å²) in [5, 5.41) is 13.9. The van der Waals surface area contributed by atoms with Crippen LogP contribution in [0.3, 0.4) is 0 Å². The van der Waals surface area contributed by atoms with Crippen molar-refractivity contribution in [2.75, 3.05) is 0 Å². The minimum Gasteiger partial charge on any atom is -0.507 e. The molecule has 1 rings (SSSR count). The van der Waals surface area contributed by atoms with E-state index >= 15 is 0 Å². The van der Waals surface area contributed by atoms with Gasteiger partial charge in [0.05, 0.1) is 0 Å². The summed E-state index contributed by atoms with van der Waals surface area (Å²) < 4.78 is 0. The Morgan fingerprint density at radius 2 is 1.94 bits per heavy atom. The Kier molecular flexibility index (Phi) is 4.63. The second kappa shape index (κ2) is 5.55. The van der Waals surface area contributed by atoms with Crippen molar-refractivity contribution in [2.24, 2.45) is 5.92 Å². The molecule has 0 heterocycles. The molecular weight excluding hydrogens is 222 g/mol. The van der Waals surface area contributed by atoms with Gasteiger partial charge in [0.25, 0.3) is 0 Å². The molecule has 1 unspecified atom stereocenters. The Morgan fingerprint density at radius 1 is 1.31 bits per heavy atom. The lowest BCUT2D eigenvalue weighted by molar-refractivity contribution is 0.414.